The van der Waals surface area contributed by atoms with E-state index < -0.39 is 0 Å². The molecule has 1 N–H and O–H groups in total. The molecule has 3 aromatic rings. The Morgan fingerprint density at radius 3 is 3.17 bits per heavy atom. The Morgan fingerprint density at radius 2 is 2.33 bits per heavy atom. The van der Waals surface area contributed by atoms with Crippen molar-refractivity contribution in [2.45, 2.75) is 39.3 Å². The number of nitrogens with zero attached hydrogens (tertiary/aromatic N) is 5. The largest absolute Gasteiger partial charge is 0.472 e. The molecule has 0 saturated carbocycles. The van der Waals surface area contributed by atoms with Gasteiger partial charge in [-0.2, -0.15) is 4.98 Å². The highest BCUT2D eigenvalue weighted by Gasteiger charge is 2.22. The molecule has 4 heterocycles. The van der Waals surface area contributed by atoms with Crippen molar-refractivity contribution in [2.24, 2.45) is 5.92 Å². The molecule has 1 atom stereocenters. The smallest absolute Gasteiger partial charge is 0.240 e. The van der Waals surface area contributed by atoms with Gasteiger partial charge in [0.2, 0.25) is 11.7 Å². The molecule has 0 aliphatic carbocycles. The average Bonchev–Trinajstić information content (AvgIpc) is 3.34. The lowest BCUT2D eigenvalue weighted by Gasteiger charge is -2.24. The first-order valence-corrected chi connectivity index (χ1v) is 8.30. The summed E-state index contributed by atoms with van der Waals surface area (Å²) in [6.07, 6.45) is 6.23. The van der Waals surface area contributed by atoms with E-state index in [2.05, 4.69) is 37.1 Å². The lowest BCUT2D eigenvalue weighted by Crippen LogP contribution is -2.30. The molecule has 4 rings (SSSR count). The molecule has 0 spiro atoms. The molecule has 0 radical (unpaired) electrons. The molecule has 0 aromatic carbocycles. The lowest BCUT2D eigenvalue weighted by atomic mass is 9.99. The van der Waals surface area contributed by atoms with Crippen molar-refractivity contribution < 1.29 is 8.94 Å². The zero-order valence-corrected chi connectivity index (χ0v) is 13.6. The van der Waals surface area contributed by atoms with Crippen molar-refractivity contribution in [3.63, 3.8) is 0 Å². The second-order valence-corrected chi connectivity index (χ2v) is 6.06. The van der Waals surface area contributed by atoms with Crippen LogP contribution in [0, 0.1) is 5.92 Å². The number of aromatic nitrogens is 5. The third kappa shape index (κ3) is 2.96. The normalized spacial score (nSPS) is 17.1. The van der Waals surface area contributed by atoms with Gasteiger partial charge in [0.25, 0.3) is 0 Å². The van der Waals surface area contributed by atoms with E-state index in [9.17, 15) is 0 Å². The number of hydrogen-bond donors (Lipinski definition) is 1. The van der Waals surface area contributed by atoms with E-state index in [0.717, 1.165) is 49.6 Å². The first kappa shape index (κ1) is 15.1. The fraction of sp³-hybridized carbons (Fsp3) is 0.500. The van der Waals surface area contributed by atoms with Crippen molar-refractivity contribution in [1.29, 1.82) is 0 Å². The molecule has 0 amide bonds. The summed E-state index contributed by atoms with van der Waals surface area (Å²) in [5, 5.41) is 15.9. The second kappa shape index (κ2) is 6.56. The molecule has 8 nitrogen and oxygen atoms in total. The van der Waals surface area contributed by atoms with E-state index in [-0.39, 0.29) is 0 Å². The van der Waals surface area contributed by atoms with Gasteiger partial charge in [0.15, 0.2) is 0 Å². The maximum atomic E-state index is 5.27. The summed E-state index contributed by atoms with van der Waals surface area (Å²) in [6.45, 7) is 4.57. The molecule has 0 saturated heterocycles. The van der Waals surface area contributed by atoms with Crippen LogP contribution in [-0.2, 0) is 25.9 Å². The highest BCUT2D eigenvalue weighted by Crippen LogP contribution is 2.20. The molecule has 0 fully saturated rings. The first-order valence-electron chi connectivity index (χ1n) is 8.30. The summed E-state index contributed by atoms with van der Waals surface area (Å²) in [6, 6.07) is 1.81. The van der Waals surface area contributed by atoms with E-state index in [1.807, 2.05) is 6.07 Å². The predicted molar refractivity (Wildman–Crippen MR) is 84.9 cm³/mol. The number of nitrogens with one attached hydrogen (secondary N) is 1. The molecule has 8 heteroatoms. The van der Waals surface area contributed by atoms with Gasteiger partial charge in [0, 0.05) is 25.9 Å². The summed E-state index contributed by atoms with van der Waals surface area (Å²) in [4.78, 5) is 4.36. The Bertz CT molecular complexity index is 778. The Kier molecular flexibility index (Phi) is 4.12. The van der Waals surface area contributed by atoms with Gasteiger partial charge in [-0.05, 0) is 18.4 Å². The number of hydrogen-bond acceptors (Lipinski definition) is 7. The standard InChI is InChI=1S/C16H20N6O2/c1-2-13-19-20-14-4-3-11(9-22(13)14)7-17-8-15-18-16(21-24-15)12-5-6-23-10-12/h5-6,10-11,17H,2-4,7-9H2,1H3. The highest BCUT2D eigenvalue weighted by molar-refractivity contribution is 5.51. The van der Waals surface area contributed by atoms with E-state index in [1.54, 1.807) is 12.5 Å². The zero-order valence-electron chi connectivity index (χ0n) is 13.6. The molecule has 0 bridgehead atoms. The van der Waals surface area contributed by atoms with Gasteiger partial charge in [-0.25, -0.2) is 0 Å². The highest BCUT2D eigenvalue weighted by atomic mass is 16.5. The van der Waals surface area contributed by atoms with E-state index in [4.69, 9.17) is 8.94 Å². The van der Waals surface area contributed by atoms with Crippen LogP contribution >= 0.6 is 0 Å². The summed E-state index contributed by atoms with van der Waals surface area (Å²) < 4.78 is 12.6. The number of aryl methyl sites for hydroxylation is 2. The minimum atomic E-state index is 0.555. The van der Waals surface area contributed by atoms with Crippen LogP contribution in [0.25, 0.3) is 11.4 Å². The van der Waals surface area contributed by atoms with Crippen molar-refractivity contribution in [2.75, 3.05) is 6.54 Å². The van der Waals surface area contributed by atoms with E-state index in [0.29, 0.717) is 24.2 Å². The average molecular weight is 328 g/mol. The molecule has 3 aromatic heterocycles. The maximum absolute atomic E-state index is 5.27. The second-order valence-electron chi connectivity index (χ2n) is 6.06. The Morgan fingerprint density at radius 1 is 1.38 bits per heavy atom. The van der Waals surface area contributed by atoms with Gasteiger partial charge in [-0.15, -0.1) is 10.2 Å². The summed E-state index contributed by atoms with van der Waals surface area (Å²) >= 11 is 0. The molecule has 1 unspecified atom stereocenters. The zero-order chi connectivity index (χ0) is 16.4. The Balaban J connectivity index is 1.30. The quantitative estimate of drug-likeness (QED) is 0.737. The van der Waals surface area contributed by atoms with Gasteiger partial charge in [0.05, 0.1) is 18.4 Å². The van der Waals surface area contributed by atoms with Crippen LogP contribution < -0.4 is 5.32 Å². The van der Waals surface area contributed by atoms with Crippen LogP contribution in [0.3, 0.4) is 0 Å². The van der Waals surface area contributed by atoms with Crippen molar-refractivity contribution in [1.82, 2.24) is 30.2 Å². The predicted octanol–water partition coefficient (Wildman–Crippen LogP) is 1.84. The van der Waals surface area contributed by atoms with Crippen LogP contribution in [0.1, 0.15) is 30.9 Å². The van der Waals surface area contributed by atoms with Crippen LogP contribution in [0.2, 0.25) is 0 Å². The van der Waals surface area contributed by atoms with E-state index in [1.165, 1.54) is 0 Å². The SMILES string of the molecule is CCc1nnc2n1CC(CNCc1nc(-c3ccoc3)no1)CC2. The summed E-state index contributed by atoms with van der Waals surface area (Å²) in [5.74, 6) is 3.90. The van der Waals surface area contributed by atoms with Gasteiger partial charge in [0.1, 0.15) is 17.9 Å². The molecular weight excluding hydrogens is 308 g/mol. The third-order valence-electron chi connectivity index (χ3n) is 4.39. The minimum absolute atomic E-state index is 0.555. The first-order chi connectivity index (χ1) is 11.8. The van der Waals surface area contributed by atoms with Gasteiger partial charge >= 0.3 is 0 Å². The fourth-order valence-electron chi connectivity index (χ4n) is 3.10. The fourth-order valence-corrected chi connectivity index (χ4v) is 3.10. The lowest BCUT2D eigenvalue weighted by molar-refractivity contribution is 0.324. The number of rotatable bonds is 6. The van der Waals surface area contributed by atoms with Gasteiger partial charge < -0.3 is 18.8 Å². The van der Waals surface area contributed by atoms with E-state index >= 15 is 0 Å². The molecule has 126 valence electrons. The van der Waals surface area contributed by atoms with Crippen LogP contribution in [0.15, 0.2) is 27.5 Å². The monoisotopic (exact) mass is 328 g/mol. The number of furan rings is 1. The van der Waals surface area contributed by atoms with Crippen molar-refractivity contribution in [3.05, 3.63) is 36.1 Å². The molecular formula is C16H20N6O2. The number of fused-ring (bicyclic) bond motifs is 1. The maximum Gasteiger partial charge on any atom is 0.240 e. The molecule has 1 aliphatic rings. The van der Waals surface area contributed by atoms with Crippen molar-refractivity contribution >= 4 is 0 Å². The Hall–Kier alpha value is -2.48. The van der Waals surface area contributed by atoms with Gasteiger partial charge in [-0.3, -0.25) is 0 Å². The minimum Gasteiger partial charge on any atom is -0.472 e. The van der Waals surface area contributed by atoms with Crippen LogP contribution in [-0.4, -0.2) is 31.4 Å². The van der Waals surface area contributed by atoms with Crippen LogP contribution in [0.5, 0.6) is 0 Å². The third-order valence-corrected chi connectivity index (χ3v) is 4.39. The summed E-state index contributed by atoms with van der Waals surface area (Å²) in [7, 11) is 0. The summed E-state index contributed by atoms with van der Waals surface area (Å²) in [5.41, 5.74) is 0.824. The molecule has 1 aliphatic heterocycles. The van der Waals surface area contributed by atoms with Gasteiger partial charge in [-0.1, -0.05) is 12.1 Å². The Labute approximate surface area is 139 Å². The molecule has 24 heavy (non-hydrogen) atoms. The topological polar surface area (TPSA) is 94.8 Å². The van der Waals surface area contributed by atoms with Crippen molar-refractivity contribution in [3.8, 4) is 11.4 Å². The van der Waals surface area contributed by atoms with Crippen LogP contribution in [0.4, 0.5) is 0 Å².